The predicted octanol–water partition coefficient (Wildman–Crippen LogP) is 14.8. The Hall–Kier alpha value is -5.81. The lowest BCUT2D eigenvalue weighted by molar-refractivity contribution is -0.226. The van der Waals surface area contributed by atoms with Crippen LogP contribution in [0.4, 0.5) is 22.0 Å². The average molecular weight is 1170 g/mol. The van der Waals surface area contributed by atoms with Crippen LogP contribution in [0.3, 0.4) is 0 Å². The molecule has 8 fully saturated rings. The summed E-state index contributed by atoms with van der Waals surface area (Å²) in [7, 11) is -5.18. The Bertz CT molecular complexity index is 2790. The van der Waals surface area contributed by atoms with E-state index in [1.165, 1.54) is 36.3 Å². The molecule has 16 heteroatoms. The van der Waals surface area contributed by atoms with Crippen molar-refractivity contribution in [2.24, 2.45) is 46.3 Å². The highest BCUT2D eigenvalue weighted by atomic mass is 32.2. The number of halogens is 5. The summed E-state index contributed by atoms with van der Waals surface area (Å²) < 4.78 is 107. The van der Waals surface area contributed by atoms with Crippen LogP contribution in [0.2, 0.25) is 0 Å². The summed E-state index contributed by atoms with van der Waals surface area (Å²) in [6, 6.07) is 64.3. The molecule has 0 N–H and O–H groups in total. The molecule has 4 atom stereocenters. The second-order valence-corrected chi connectivity index (χ2v) is 28.4. The van der Waals surface area contributed by atoms with E-state index in [-0.39, 0.29) is 39.4 Å². The first kappa shape index (κ1) is 59.8. The fourth-order valence-corrected chi connectivity index (χ4v) is 18.4. The highest BCUT2D eigenvalue weighted by Gasteiger charge is 2.60. The lowest BCUT2D eigenvalue weighted by Crippen LogP contribution is -2.55. The van der Waals surface area contributed by atoms with E-state index < -0.39 is 62.9 Å². The van der Waals surface area contributed by atoms with Crippen molar-refractivity contribution in [1.29, 1.82) is 0 Å². The Morgan fingerprint density at radius 1 is 0.506 bits per heavy atom. The van der Waals surface area contributed by atoms with Gasteiger partial charge < -0.3 is 14.0 Å². The zero-order valence-electron chi connectivity index (χ0n) is 45.3. The van der Waals surface area contributed by atoms with Gasteiger partial charge in [-0.15, -0.1) is 0 Å². The summed E-state index contributed by atoms with van der Waals surface area (Å²) in [5.41, 5.74) is -1.60. The van der Waals surface area contributed by atoms with E-state index >= 15 is 0 Å². The van der Waals surface area contributed by atoms with E-state index in [4.69, 9.17) is 4.74 Å². The molecule has 6 aromatic carbocycles. The van der Waals surface area contributed by atoms with Crippen molar-refractivity contribution in [3.8, 4) is 0 Å². The number of rotatable bonds is 13. The predicted molar refractivity (Wildman–Crippen MR) is 301 cm³/mol. The van der Waals surface area contributed by atoms with Crippen LogP contribution in [-0.4, -0.2) is 60.8 Å². The van der Waals surface area contributed by atoms with Gasteiger partial charge in [0.15, 0.2) is 35.5 Å². The maximum absolute atomic E-state index is 13.2. The Morgan fingerprint density at radius 3 is 1.05 bits per heavy atom. The van der Waals surface area contributed by atoms with Crippen molar-refractivity contribution < 1.29 is 58.8 Å². The van der Waals surface area contributed by atoms with Crippen LogP contribution >= 0.6 is 0 Å². The Morgan fingerprint density at radius 2 is 0.778 bits per heavy atom. The monoisotopic (exact) mass is 1170 g/mol. The Labute approximate surface area is 478 Å². The first-order valence-corrected chi connectivity index (χ1v) is 31.7. The molecule has 0 heterocycles. The third kappa shape index (κ3) is 14.9. The number of carbonyl (C=O) groups is 3. The number of hydrogen-bond donors (Lipinski definition) is 0. The van der Waals surface area contributed by atoms with Gasteiger partial charge in [0.25, 0.3) is 5.92 Å². The molecule has 8 aliphatic rings. The second kappa shape index (κ2) is 25.4. The van der Waals surface area contributed by atoms with Gasteiger partial charge in [-0.3, -0.25) is 14.4 Å². The van der Waals surface area contributed by atoms with E-state index in [0.29, 0.717) is 62.2 Å². The summed E-state index contributed by atoms with van der Waals surface area (Å²) in [6.07, 6.45) is -1.41. The van der Waals surface area contributed by atoms with Gasteiger partial charge >= 0.3 is 18.1 Å². The van der Waals surface area contributed by atoms with Crippen molar-refractivity contribution in [3.05, 3.63) is 182 Å². The van der Waals surface area contributed by atoms with Crippen molar-refractivity contribution in [3.63, 3.8) is 0 Å². The minimum Gasteiger partial charge on any atom is -0.748 e. The van der Waals surface area contributed by atoms with Gasteiger partial charge in [0.2, 0.25) is 6.10 Å². The molecule has 0 spiro atoms. The molecule has 0 saturated heterocycles. The second-order valence-electron chi connectivity index (χ2n) is 22.9. The van der Waals surface area contributed by atoms with E-state index in [0.717, 1.165) is 39.0 Å². The van der Waals surface area contributed by atoms with Crippen LogP contribution in [0.15, 0.2) is 211 Å². The van der Waals surface area contributed by atoms with Crippen LogP contribution in [0, 0.1) is 46.3 Å². The molecule has 14 rings (SSSR count). The number of esters is 2. The molecule has 6 aromatic rings. The van der Waals surface area contributed by atoms with Crippen molar-refractivity contribution in [2.75, 3.05) is 5.75 Å². The van der Waals surface area contributed by atoms with E-state index in [1.807, 2.05) is 0 Å². The number of alkyl halides is 5. The van der Waals surface area contributed by atoms with E-state index in [1.54, 1.807) is 0 Å². The maximum Gasteiger partial charge on any atom is 0.426 e. The lowest BCUT2D eigenvalue weighted by Gasteiger charge is -2.55. The molecular formula is C65H68F5O8S3+. The summed E-state index contributed by atoms with van der Waals surface area (Å²) in [5.74, 6) is -4.74. The third-order valence-corrected chi connectivity index (χ3v) is 21.9. The molecular weight excluding hydrogens is 1100 g/mol. The molecule has 8 bridgehead atoms. The Balaban J connectivity index is 0.000000131. The van der Waals surface area contributed by atoms with Crippen molar-refractivity contribution in [1.82, 2.24) is 0 Å². The average Bonchev–Trinajstić information content (AvgIpc) is 3.63. The largest absolute Gasteiger partial charge is 0.748 e. The molecule has 0 aliphatic heterocycles. The molecule has 0 aromatic heterocycles. The van der Waals surface area contributed by atoms with Gasteiger partial charge in [0, 0.05) is 18.8 Å². The lowest BCUT2D eigenvalue weighted by atomic mass is 9.49. The van der Waals surface area contributed by atoms with Gasteiger partial charge in [0.05, 0.1) is 48.5 Å². The zero-order valence-corrected chi connectivity index (χ0v) is 47.8. The molecule has 8 aliphatic carbocycles. The number of carbonyl (C=O) groups excluding carboxylic acids is 3. The van der Waals surface area contributed by atoms with Crippen LogP contribution in [-0.2, 0) is 55.8 Å². The summed E-state index contributed by atoms with van der Waals surface area (Å²) in [6.45, 7) is 1.98. The van der Waals surface area contributed by atoms with Crippen LogP contribution < -0.4 is 0 Å². The molecule has 8 saturated carbocycles. The van der Waals surface area contributed by atoms with Gasteiger partial charge in [-0.25, -0.2) is 17.2 Å². The van der Waals surface area contributed by atoms with E-state index in [2.05, 4.69) is 187 Å². The first-order chi connectivity index (χ1) is 38.6. The number of ketones is 1. The quantitative estimate of drug-likeness (QED) is 0.0484. The highest BCUT2D eigenvalue weighted by molar-refractivity contribution is 7.97. The molecule has 8 nitrogen and oxygen atoms in total. The fraction of sp³-hybridized carbons (Fsp3) is 0.400. The third-order valence-electron chi connectivity index (χ3n) is 16.7. The minimum atomic E-state index is -5.16. The number of Topliss-reactive ketones (excluding diaryl/α,β-unsaturated/α-hetero) is 1. The van der Waals surface area contributed by atoms with Gasteiger partial charge in [0.1, 0.15) is 5.78 Å². The van der Waals surface area contributed by atoms with Crippen LogP contribution in [0.25, 0.3) is 0 Å². The number of ether oxygens (including phenoxy) is 2. The highest BCUT2D eigenvalue weighted by Crippen LogP contribution is 2.61. The standard InChI is InChI=1S/2C18H15S.C15H20F2O3.C14H19F3O5S/c2*1-4-10-16(11-5-1)19(17-12-6-2-7-13-17)18-14-8-3-9-15-18;1-8(14(2,16)17)20-13(19)15-5-9-3-10(6-15)12(18)11(4-9)7-15;15-14(16,17)11(7-23(19,20)21)22-12(18)13-4-8-1-9(5-13)3-10(2-8)6-13/h2*1-15H;8-11H,3-7H2,1-2H3;8-11H,1-7H2,(H,19,20,21)/q2*+1;;/p-1. The smallest absolute Gasteiger partial charge is 0.426 e. The summed E-state index contributed by atoms with van der Waals surface area (Å²) >= 11 is 0. The van der Waals surface area contributed by atoms with Gasteiger partial charge in [-0.1, -0.05) is 109 Å². The Kier molecular flexibility index (Phi) is 18.7. The SMILES string of the molecule is CC(OC(=O)C12CC3CC(C1)C(=O)C(C3)C2)C(C)(F)F.O=C(OC(CS(=O)(=O)[O-])C(F)(F)F)C12CC3CC(CC(C3)C1)C2.c1ccc([S+](c2ccccc2)c2ccccc2)cc1.c1ccc([S+](c2ccccc2)c2ccccc2)cc1. The molecule has 0 radical (unpaired) electrons. The minimum absolute atomic E-state index is 0.0146. The van der Waals surface area contributed by atoms with Gasteiger partial charge in [-0.2, -0.15) is 13.2 Å². The number of hydrogen-bond acceptors (Lipinski definition) is 8. The topological polar surface area (TPSA) is 127 Å². The maximum atomic E-state index is 13.2. The molecule has 4 unspecified atom stereocenters. The summed E-state index contributed by atoms with van der Waals surface area (Å²) in [5, 5.41) is 0. The molecule has 428 valence electrons. The van der Waals surface area contributed by atoms with Crippen LogP contribution in [0.5, 0.6) is 0 Å². The fourth-order valence-electron chi connectivity index (χ4n) is 13.5. The van der Waals surface area contributed by atoms with Gasteiger partial charge in [-0.05, 0) is 174 Å². The van der Waals surface area contributed by atoms with Crippen molar-refractivity contribution >= 4 is 49.6 Å². The zero-order chi connectivity index (χ0) is 57.6. The number of benzene rings is 6. The molecule has 81 heavy (non-hydrogen) atoms. The summed E-state index contributed by atoms with van der Waals surface area (Å²) in [4.78, 5) is 45.0. The molecule has 0 amide bonds. The first-order valence-electron chi connectivity index (χ1n) is 27.7. The normalized spacial score (nSPS) is 25.7. The van der Waals surface area contributed by atoms with Crippen molar-refractivity contribution in [2.45, 2.75) is 138 Å². The van der Waals surface area contributed by atoms with Crippen LogP contribution in [0.1, 0.15) is 84.5 Å². The van der Waals surface area contributed by atoms with E-state index in [9.17, 15) is 49.3 Å².